The van der Waals surface area contributed by atoms with Crippen LogP contribution in [0.1, 0.15) is 26.3 Å². The van der Waals surface area contributed by atoms with Crippen molar-refractivity contribution in [1.82, 2.24) is 5.32 Å². The molecule has 0 amide bonds. The lowest BCUT2D eigenvalue weighted by Crippen LogP contribution is -2.41. The average molecular weight is 291 g/mol. The molecule has 0 saturated heterocycles. The van der Waals surface area contributed by atoms with Gasteiger partial charge in [-0.3, -0.25) is 0 Å². The highest BCUT2D eigenvalue weighted by Crippen LogP contribution is 2.32. The molecule has 21 heavy (non-hydrogen) atoms. The molecule has 0 aliphatic carbocycles. The lowest BCUT2D eigenvalue weighted by Gasteiger charge is -2.21. The van der Waals surface area contributed by atoms with Crippen molar-refractivity contribution in [3.8, 4) is 11.5 Å². The van der Waals surface area contributed by atoms with E-state index >= 15 is 0 Å². The zero-order valence-electron chi connectivity index (χ0n) is 12.5. The van der Waals surface area contributed by atoms with E-state index < -0.39 is 0 Å². The summed E-state index contributed by atoms with van der Waals surface area (Å²) >= 11 is 0. The van der Waals surface area contributed by atoms with Gasteiger partial charge in [-0.25, -0.2) is 4.99 Å². The van der Waals surface area contributed by atoms with E-state index in [9.17, 15) is 0 Å². The summed E-state index contributed by atoms with van der Waals surface area (Å²) in [5.74, 6) is 1.85. The quantitative estimate of drug-likeness (QED) is 0.555. The molecule has 1 aliphatic heterocycles. The average Bonchev–Trinajstić information content (AvgIpc) is 2.80. The fourth-order valence-corrected chi connectivity index (χ4v) is 1.77. The summed E-state index contributed by atoms with van der Waals surface area (Å²) < 4.78 is 10.6. The maximum Gasteiger partial charge on any atom is 0.231 e. The van der Waals surface area contributed by atoms with Gasteiger partial charge in [0.15, 0.2) is 17.5 Å². The van der Waals surface area contributed by atoms with Crippen molar-refractivity contribution in [2.45, 2.75) is 32.9 Å². The molecule has 5 N–H and O–H groups in total. The minimum absolute atomic E-state index is 0.0313. The molecule has 7 nitrogen and oxygen atoms in total. The molecular formula is C14H21N5O2. The summed E-state index contributed by atoms with van der Waals surface area (Å²) in [5.41, 5.74) is 11.6. The van der Waals surface area contributed by atoms with Crippen LogP contribution in [-0.2, 0) is 6.54 Å². The van der Waals surface area contributed by atoms with Crippen LogP contribution in [0, 0.1) is 0 Å². The Labute approximate surface area is 124 Å². The first kappa shape index (κ1) is 15.0. The molecule has 0 bridgehead atoms. The molecule has 0 aromatic heterocycles. The van der Waals surface area contributed by atoms with E-state index in [0.29, 0.717) is 12.5 Å². The number of nitrogens with two attached hydrogens (primary N) is 2. The molecule has 2 rings (SSSR count). The predicted molar refractivity (Wildman–Crippen MR) is 82.4 cm³/mol. The predicted octanol–water partition coefficient (Wildman–Crippen LogP) is 0.933. The number of nitrogens with zero attached hydrogens (tertiary/aromatic N) is 2. The Morgan fingerprint density at radius 2 is 1.95 bits per heavy atom. The summed E-state index contributed by atoms with van der Waals surface area (Å²) in [6.45, 7) is 6.71. The van der Waals surface area contributed by atoms with Crippen LogP contribution in [0.25, 0.3) is 0 Å². The topological polar surface area (TPSA) is 107 Å². The first-order chi connectivity index (χ1) is 9.83. The Hall–Kier alpha value is -2.44. The molecule has 0 saturated carbocycles. The molecule has 1 aliphatic rings. The minimum atomic E-state index is -0.188. The second-order valence-electron chi connectivity index (χ2n) is 5.74. The zero-order valence-corrected chi connectivity index (χ0v) is 12.5. The van der Waals surface area contributed by atoms with Gasteiger partial charge < -0.3 is 26.3 Å². The van der Waals surface area contributed by atoms with Gasteiger partial charge in [0.05, 0.1) is 6.54 Å². The maximum atomic E-state index is 5.43. The fourth-order valence-electron chi connectivity index (χ4n) is 1.77. The summed E-state index contributed by atoms with van der Waals surface area (Å²) in [4.78, 5) is 8.41. The summed E-state index contributed by atoms with van der Waals surface area (Å²) in [6, 6.07) is 5.70. The SMILES string of the molecule is CC(C)(C)NC(N=C(N)N)=NCc1ccc2c(c1)OCO2. The first-order valence-electron chi connectivity index (χ1n) is 6.64. The third-order valence-corrected chi connectivity index (χ3v) is 2.57. The van der Waals surface area contributed by atoms with E-state index in [0.717, 1.165) is 17.1 Å². The number of aliphatic imine (C=N–C) groups is 2. The largest absolute Gasteiger partial charge is 0.454 e. The van der Waals surface area contributed by atoms with Crippen LogP contribution >= 0.6 is 0 Å². The smallest absolute Gasteiger partial charge is 0.231 e. The van der Waals surface area contributed by atoms with Crippen LogP contribution in [-0.4, -0.2) is 24.3 Å². The highest BCUT2D eigenvalue weighted by Gasteiger charge is 2.14. The van der Waals surface area contributed by atoms with Gasteiger partial charge in [-0.2, -0.15) is 4.99 Å². The molecule has 7 heteroatoms. The van der Waals surface area contributed by atoms with Gasteiger partial charge in [0.25, 0.3) is 0 Å². The molecule has 0 radical (unpaired) electrons. The van der Waals surface area contributed by atoms with Gasteiger partial charge in [-0.15, -0.1) is 0 Å². The standard InChI is InChI=1S/C14H21N5O2/c1-14(2,3)19-13(18-12(15)16)17-7-9-4-5-10-11(6-9)21-8-20-10/h4-6H,7-8H2,1-3H3,(H5,15,16,17,18,19). The Morgan fingerprint density at radius 3 is 2.62 bits per heavy atom. The third kappa shape index (κ3) is 4.55. The normalized spacial score (nSPS) is 14.0. The number of ether oxygens (including phenoxy) is 2. The van der Waals surface area contributed by atoms with E-state index in [1.807, 2.05) is 39.0 Å². The Kier molecular flexibility index (Phi) is 4.21. The Balaban J connectivity index is 2.13. The highest BCUT2D eigenvalue weighted by molar-refractivity contribution is 5.93. The molecule has 0 spiro atoms. The van der Waals surface area contributed by atoms with Gasteiger partial charge in [0.1, 0.15) is 0 Å². The minimum Gasteiger partial charge on any atom is -0.454 e. The van der Waals surface area contributed by atoms with Crippen molar-refractivity contribution in [3.63, 3.8) is 0 Å². The molecule has 1 heterocycles. The number of nitrogens with one attached hydrogen (secondary N) is 1. The van der Waals surface area contributed by atoms with Gasteiger partial charge in [0, 0.05) is 5.54 Å². The van der Waals surface area contributed by atoms with E-state index in [-0.39, 0.29) is 18.3 Å². The van der Waals surface area contributed by atoms with Crippen LogP contribution in [0.2, 0.25) is 0 Å². The number of rotatable bonds is 2. The van der Waals surface area contributed by atoms with Crippen LogP contribution in [0.15, 0.2) is 28.2 Å². The number of guanidine groups is 2. The van der Waals surface area contributed by atoms with Crippen molar-refractivity contribution in [2.75, 3.05) is 6.79 Å². The van der Waals surface area contributed by atoms with Crippen LogP contribution in [0.3, 0.4) is 0 Å². The second-order valence-corrected chi connectivity index (χ2v) is 5.74. The van der Waals surface area contributed by atoms with Crippen molar-refractivity contribution in [2.24, 2.45) is 21.5 Å². The monoisotopic (exact) mass is 291 g/mol. The Morgan fingerprint density at radius 1 is 1.24 bits per heavy atom. The third-order valence-electron chi connectivity index (χ3n) is 2.57. The van der Waals surface area contributed by atoms with Crippen molar-refractivity contribution in [1.29, 1.82) is 0 Å². The van der Waals surface area contributed by atoms with Crippen molar-refractivity contribution in [3.05, 3.63) is 23.8 Å². The molecule has 0 unspecified atom stereocenters. The number of hydrogen-bond acceptors (Lipinski definition) is 3. The number of benzene rings is 1. The lowest BCUT2D eigenvalue weighted by atomic mass is 10.1. The van der Waals surface area contributed by atoms with Gasteiger partial charge >= 0.3 is 0 Å². The first-order valence-corrected chi connectivity index (χ1v) is 6.64. The molecule has 114 valence electrons. The van der Waals surface area contributed by atoms with E-state index in [1.165, 1.54) is 0 Å². The van der Waals surface area contributed by atoms with E-state index in [2.05, 4.69) is 15.3 Å². The van der Waals surface area contributed by atoms with Crippen molar-refractivity contribution < 1.29 is 9.47 Å². The van der Waals surface area contributed by atoms with Crippen LogP contribution in [0.4, 0.5) is 0 Å². The summed E-state index contributed by atoms with van der Waals surface area (Å²) in [6.07, 6.45) is 0. The van der Waals surface area contributed by atoms with E-state index in [1.54, 1.807) is 0 Å². The molecular weight excluding hydrogens is 270 g/mol. The fraction of sp³-hybridized carbons (Fsp3) is 0.429. The molecule has 1 aromatic carbocycles. The lowest BCUT2D eigenvalue weighted by molar-refractivity contribution is 0.174. The summed E-state index contributed by atoms with van der Waals surface area (Å²) in [5, 5.41) is 3.16. The van der Waals surface area contributed by atoms with Crippen LogP contribution < -0.4 is 26.3 Å². The van der Waals surface area contributed by atoms with Gasteiger partial charge in [-0.1, -0.05) is 6.07 Å². The molecule has 0 fully saturated rings. The zero-order chi connectivity index (χ0) is 15.5. The number of hydrogen-bond donors (Lipinski definition) is 3. The van der Waals surface area contributed by atoms with Crippen molar-refractivity contribution >= 4 is 11.9 Å². The van der Waals surface area contributed by atoms with Gasteiger partial charge in [0.2, 0.25) is 12.8 Å². The number of fused-ring (bicyclic) bond motifs is 1. The molecule has 0 atom stereocenters. The van der Waals surface area contributed by atoms with Gasteiger partial charge in [-0.05, 0) is 38.5 Å². The highest BCUT2D eigenvalue weighted by atomic mass is 16.7. The molecule has 1 aromatic rings. The Bertz CT molecular complexity index is 571. The van der Waals surface area contributed by atoms with Crippen LogP contribution in [0.5, 0.6) is 11.5 Å². The summed E-state index contributed by atoms with van der Waals surface area (Å²) in [7, 11) is 0. The maximum absolute atomic E-state index is 5.43. The van der Waals surface area contributed by atoms with E-state index in [4.69, 9.17) is 20.9 Å². The second kappa shape index (κ2) is 5.90.